The smallest absolute Gasteiger partial charge is 0.167 e. The van der Waals surface area contributed by atoms with E-state index in [1.807, 2.05) is 55.5 Å². The number of Topliss-reactive ketones (excluding diaryl/α,β-unsaturated/α-hetero) is 1. The molecule has 0 fully saturated rings. The molecule has 23 heavy (non-hydrogen) atoms. The summed E-state index contributed by atoms with van der Waals surface area (Å²) in [7, 11) is 0. The number of ether oxygens (including phenoxy) is 1. The average Bonchev–Trinajstić information content (AvgIpc) is 2.58. The summed E-state index contributed by atoms with van der Waals surface area (Å²) in [6.07, 6.45) is 3.77. The number of carbonyl (C=O) groups excluding carboxylic acids is 1. The molecule has 0 saturated carbocycles. The van der Waals surface area contributed by atoms with Crippen molar-refractivity contribution >= 4 is 5.78 Å². The van der Waals surface area contributed by atoms with E-state index in [2.05, 4.69) is 4.98 Å². The van der Waals surface area contributed by atoms with Crippen molar-refractivity contribution in [2.75, 3.05) is 0 Å². The zero-order valence-corrected chi connectivity index (χ0v) is 12.9. The molecule has 0 radical (unpaired) electrons. The predicted molar refractivity (Wildman–Crippen MR) is 90.0 cm³/mol. The van der Waals surface area contributed by atoms with E-state index in [0.29, 0.717) is 17.7 Å². The minimum atomic E-state index is 0.0693. The highest BCUT2D eigenvalue weighted by Crippen LogP contribution is 2.22. The third kappa shape index (κ3) is 4.04. The van der Waals surface area contributed by atoms with Crippen molar-refractivity contribution < 1.29 is 9.53 Å². The third-order valence-corrected chi connectivity index (χ3v) is 3.52. The SMILES string of the molecule is Cc1ccc(Oc2ccc(C(=O)Cc3cccnc3)cc2)cc1. The first kappa shape index (κ1) is 15.0. The lowest BCUT2D eigenvalue weighted by Crippen LogP contribution is -2.03. The molecule has 3 aromatic rings. The van der Waals surface area contributed by atoms with Crippen LogP contribution in [0.15, 0.2) is 73.1 Å². The Hall–Kier alpha value is -2.94. The number of benzene rings is 2. The zero-order valence-electron chi connectivity index (χ0n) is 12.9. The summed E-state index contributed by atoms with van der Waals surface area (Å²) in [6.45, 7) is 2.03. The Morgan fingerprint density at radius 2 is 1.61 bits per heavy atom. The van der Waals surface area contributed by atoms with Gasteiger partial charge >= 0.3 is 0 Å². The summed E-state index contributed by atoms with van der Waals surface area (Å²) in [5, 5.41) is 0. The predicted octanol–water partition coefficient (Wildman–Crippen LogP) is 4.61. The maximum absolute atomic E-state index is 12.3. The van der Waals surface area contributed by atoms with Crippen molar-refractivity contribution in [1.82, 2.24) is 4.98 Å². The Labute approximate surface area is 135 Å². The molecular formula is C20H17NO2. The van der Waals surface area contributed by atoms with Gasteiger partial charge < -0.3 is 4.74 Å². The first-order valence-corrected chi connectivity index (χ1v) is 7.47. The van der Waals surface area contributed by atoms with Crippen molar-refractivity contribution in [2.24, 2.45) is 0 Å². The highest BCUT2D eigenvalue weighted by molar-refractivity contribution is 5.97. The Balaban J connectivity index is 1.66. The maximum atomic E-state index is 12.3. The van der Waals surface area contributed by atoms with Crippen molar-refractivity contribution in [3.05, 3.63) is 89.7 Å². The number of carbonyl (C=O) groups is 1. The quantitative estimate of drug-likeness (QED) is 0.646. The lowest BCUT2D eigenvalue weighted by atomic mass is 10.0. The van der Waals surface area contributed by atoms with Crippen molar-refractivity contribution in [1.29, 1.82) is 0 Å². The Morgan fingerprint density at radius 1 is 0.957 bits per heavy atom. The summed E-state index contributed by atoms with van der Waals surface area (Å²) < 4.78 is 5.77. The van der Waals surface area contributed by atoms with Crippen LogP contribution in [0, 0.1) is 6.92 Å². The fourth-order valence-corrected chi connectivity index (χ4v) is 2.24. The Kier molecular flexibility index (Phi) is 4.48. The van der Waals surface area contributed by atoms with E-state index in [1.165, 1.54) is 5.56 Å². The molecule has 3 heteroatoms. The molecule has 1 aromatic heterocycles. The van der Waals surface area contributed by atoms with Crippen molar-refractivity contribution in [2.45, 2.75) is 13.3 Å². The second-order valence-electron chi connectivity index (χ2n) is 5.40. The van der Waals surface area contributed by atoms with Crippen molar-refractivity contribution in [3.63, 3.8) is 0 Å². The van der Waals surface area contributed by atoms with Gasteiger partial charge in [-0.1, -0.05) is 23.8 Å². The lowest BCUT2D eigenvalue weighted by molar-refractivity contribution is 0.0993. The van der Waals surface area contributed by atoms with Crippen LogP contribution in [0.25, 0.3) is 0 Å². The summed E-state index contributed by atoms with van der Waals surface area (Å²) >= 11 is 0. The number of pyridine rings is 1. The molecule has 0 aliphatic heterocycles. The van der Waals surface area contributed by atoms with Gasteiger partial charge in [-0.2, -0.15) is 0 Å². The highest BCUT2D eigenvalue weighted by Gasteiger charge is 2.07. The molecule has 1 heterocycles. The summed E-state index contributed by atoms with van der Waals surface area (Å²) in [5.41, 5.74) is 2.77. The zero-order chi connectivity index (χ0) is 16.1. The number of hydrogen-bond donors (Lipinski definition) is 0. The van der Waals surface area contributed by atoms with Gasteiger partial charge in [-0.05, 0) is 55.0 Å². The molecule has 0 bridgehead atoms. The van der Waals surface area contributed by atoms with E-state index in [1.54, 1.807) is 24.5 Å². The van der Waals surface area contributed by atoms with Crippen LogP contribution in [0.1, 0.15) is 21.5 Å². The van der Waals surface area contributed by atoms with Crippen LogP contribution in [-0.4, -0.2) is 10.8 Å². The molecule has 0 aliphatic rings. The number of ketones is 1. The third-order valence-electron chi connectivity index (χ3n) is 3.52. The van der Waals surface area contributed by atoms with Gasteiger partial charge in [-0.25, -0.2) is 0 Å². The number of nitrogens with zero attached hydrogens (tertiary/aromatic N) is 1. The number of rotatable bonds is 5. The van der Waals surface area contributed by atoms with Crippen molar-refractivity contribution in [3.8, 4) is 11.5 Å². The molecule has 2 aromatic carbocycles. The van der Waals surface area contributed by atoms with Gasteiger partial charge in [0.1, 0.15) is 11.5 Å². The second-order valence-corrected chi connectivity index (χ2v) is 5.40. The van der Waals surface area contributed by atoms with Gasteiger partial charge in [-0.15, -0.1) is 0 Å². The van der Waals surface area contributed by atoms with Gasteiger partial charge in [0.2, 0.25) is 0 Å². The van der Waals surface area contributed by atoms with Crippen LogP contribution in [0.4, 0.5) is 0 Å². The second kappa shape index (κ2) is 6.88. The molecular weight excluding hydrogens is 286 g/mol. The highest BCUT2D eigenvalue weighted by atomic mass is 16.5. The summed E-state index contributed by atoms with van der Waals surface area (Å²) in [4.78, 5) is 16.3. The van der Waals surface area contributed by atoms with Crippen LogP contribution in [0.3, 0.4) is 0 Å². The topological polar surface area (TPSA) is 39.2 Å². The summed E-state index contributed by atoms with van der Waals surface area (Å²) in [6, 6.07) is 18.8. The molecule has 0 spiro atoms. The molecule has 0 amide bonds. The van der Waals surface area contributed by atoms with Crippen LogP contribution in [0.5, 0.6) is 11.5 Å². The van der Waals surface area contributed by atoms with Crippen LogP contribution >= 0.6 is 0 Å². The van der Waals surface area contributed by atoms with E-state index in [9.17, 15) is 4.79 Å². The largest absolute Gasteiger partial charge is 0.457 e. The van der Waals surface area contributed by atoms with Gasteiger partial charge in [0.15, 0.2) is 5.78 Å². The fraction of sp³-hybridized carbons (Fsp3) is 0.100. The van der Waals surface area contributed by atoms with Gasteiger partial charge in [0, 0.05) is 24.4 Å². The monoisotopic (exact) mass is 303 g/mol. The van der Waals surface area contributed by atoms with E-state index in [4.69, 9.17) is 4.74 Å². The molecule has 0 saturated heterocycles. The maximum Gasteiger partial charge on any atom is 0.167 e. The average molecular weight is 303 g/mol. The lowest BCUT2D eigenvalue weighted by Gasteiger charge is -2.07. The minimum absolute atomic E-state index is 0.0693. The van der Waals surface area contributed by atoms with Crippen LogP contribution in [-0.2, 0) is 6.42 Å². The van der Waals surface area contributed by atoms with E-state index in [-0.39, 0.29) is 5.78 Å². The van der Waals surface area contributed by atoms with Crippen LogP contribution in [0.2, 0.25) is 0 Å². The number of aryl methyl sites for hydroxylation is 1. The normalized spacial score (nSPS) is 10.3. The Morgan fingerprint density at radius 3 is 2.22 bits per heavy atom. The Bertz CT molecular complexity index is 778. The molecule has 114 valence electrons. The first-order valence-electron chi connectivity index (χ1n) is 7.47. The number of aromatic nitrogens is 1. The standard InChI is InChI=1S/C20H17NO2/c1-15-4-8-18(9-5-15)23-19-10-6-17(7-11-19)20(22)13-16-3-2-12-21-14-16/h2-12,14H,13H2,1H3. The molecule has 0 atom stereocenters. The minimum Gasteiger partial charge on any atom is -0.457 e. The molecule has 0 N–H and O–H groups in total. The van der Waals surface area contributed by atoms with Gasteiger partial charge in [0.05, 0.1) is 0 Å². The van der Waals surface area contributed by atoms with Gasteiger partial charge in [-0.3, -0.25) is 9.78 Å². The van der Waals surface area contributed by atoms with Crippen LogP contribution < -0.4 is 4.74 Å². The summed E-state index contributed by atoms with van der Waals surface area (Å²) in [5.74, 6) is 1.57. The molecule has 3 rings (SSSR count). The van der Waals surface area contributed by atoms with Gasteiger partial charge in [0.25, 0.3) is 0 Å². The fourth-order valence-electron chi connectivity index (χ4n) is 2.24. The van der Waals surface area contributed by atoms with E-state index >= 15 is 0 Å². The molecule has 0 unspecified atom stereocenters. The first-order chi connectivity index (χ1) is 11.2. The number of hydrogen-bond acceptors (Lipinski definition) is 3. The molecule has 0 aliphatic carbocycles. The van der Waals surface area contributed by atoms with E-state index in [0.717, 1.165) is 11.3 Å². The van der Waals surface area contributed by atoms with E-state index < -0.39 is 0 Å². The molecule has 3 nitrogen and oxygen atoms in total.